The van der Waals surface area contributed by atoms with Crippen molar-refractivity contribution in [3.8, 4) is 0 Å². The molecule has 8 heteroatoms. The summed E-state index contributed by atoms with van der Waals surface area (Å²) in [4.78, 5) is 48.1. The van der Waals surface area contributed by atoms with Crippen molar-refractivity contribution in [3.63, 3.8) is 0 Å². The third-order valence-electron chi connectivity index (χ3n) is 7.09. The molecule has 6 aromatic rings. The van der Waals surface area contributed by atoms with Gasteiger partial charge in [0, 0.05) is 36.3 Å². The zero-order valence-electron chi connectivity index (χ0n) is 24.1. The number of rotatable bonds is 7. The summed E-state index contributed by atoms with van der Waals surface area (Å²) in [7, 11) is 0. The Morgan fingerprint density at radius 2 is 1.02 bits per heavy atom. The lowest BCUT2D eigenvalue weighted by Crippen LogP contribution is -2.21. The number of esters is 1. The van der Waals surface area contributed by atoms with Crippen LogP contribution in [0, 0.1) is 0 Å². The van der Waals surface area contributed by atoms with Crippen LogP contribution in [-0.4, -0.2) is 32.8 Å². The molecule has 4 aromatic carbocycles. The van der Waals surface area contributed by atoms with Gasteiger partial charge in [-0.2, -0.15) is 0 Å². The topological polar surface area (TPSA) is 108 Å². The number of nitrogens with zero attached hydrogens (tertiary/aromatic N) is 2. The van der Waals surface area contributed by atoms with E-state index in [4.69, 9.17) is 4.74 Å². The number of fused-ring (bicyclic) bond motifs is 2. The van der Waals surface area contributed by atoms with Crippen molar-refractivity contribution in [1.29, 1.82) is 0 Å². The molecule has 0 saturated carbocycles. The maximum Gasteiger partial charge on any atom is 0.343 e. The number of ether oxygens (including phenoxy) is 1. The number of carboxylic acid groups (broad SMARTS) is 1. The molecule has 0 unspecified atom stereocenters. The van der Waals surface area contributed by atoms with Crippen molar-refractivity contribution < 1.29 is 19.4 Å². The van der Waals surface area contributed by atoms with Gasteiger partial charge in [0.15, 0.2) is 0 Å². The van der Waals surface area contributed by atoms with Gasteiger partial charge in [-0.25, -0.2) is 9.59 Å². The van der Waals surface area contributed by atoms with Gasteiger partial charge in [-0.1, -0.05) is 84.9 Å². The molecule has 0 fully saturated rings. The predicted molar refractivity (Wildman–Crippen MR) is 170 cm³/mol. The van der Waals surface area contributed by atoms with E-state index in [1.165, 1.54) is 6.20 Å². The monoisotopic (exact) mass is 586 g/mol. The maximum atomic E-state index is 12.5. The minimum absolute atomic E-state index is 0.0708. The summed E-state index contributed by atoms with van der Waals surface area (Å²) in [5.74, 6) is -1.78. The zero-order chi connectivity index (χ0) is 31.1. The van der Waals surface area contributed by atoms with Gasteiger partial charge in [0.2, 0.25) is 10.9 Å². The Balaban J connectivity index is 0.000000175. The minimum Gasteiger partial charge on any atom is -0.477 e. The van der Waals surface area contributed by atoms with Crippen LogP contribution in [0.15, 0.2) is 131 Å². The first-order valence-electron chi connectivity index (χ1n) is 14.1. The fourth-order valence-corrected chi connectivity index (χ4v) is 5.02. The molecular weight excluding hydrogens is 556 g/mol. The molecule has 2 heterocycles. The Kier molecular flexibility index (Phi) is 9.10. The van der Waals surface area contributed by atoms with Crippen molar-refractivity contribution in [3.05, 3.63) is 164 Å². The first-order valence-corrected chi connectivity index (χ1v) is 14.1. The number of carboxylic acids is 1. The van der Waals surface area contributed by atoms with Crippen molar-refractivity contribution in [2.24, 2.45) is 0 Å². The summed E-state index contributed by atoms with van der Waals surface area (Å²) in [5.41, 5.74) is 2.81. The van der Waals surface area contributed by atoms with Gasteiger partial charge in [-0.3, -0.25) is 9.59 Å². The molecule has 2 aromatic heterocycles. The quantitative estimate of drug-likeness (QED) is 0.231. The molecule has 0 amide bonds. The van der Waals surface area contributed by atoms with E-state index >= 15 is 0 Å². The van der Waals surface area contributed by atoms with Crippen LogP contribution in [-0.2, 0) is 17.8 Å². The Labute approximate surface area is 253 Å². The summed E-state index contributed by atoms with van der Waals surface area (Å²) in [6.07, 6.45) is 3.01. The van der Waals surface area contributed by atoms with Gasteiger partial charge in [-0.15, -0.1) is 0 Å². The number of carbonyl (C=O) groups is 2. The lowest BCUT2D eigenvalue weighted by Gasteiger charge is -2.13. The summed E-state index contributed by atoms with van der Waals surface area (Å²) in [6.45, 7) is 3.06. The van der Waals surface area contributed by atoms with Crippen molar-refractivity contribution in [2.75, 3.05) is 6.61 Å². The maximum absolute atomic E-state index is 12.5. The van der Waals surface area contributed by atoms with Crippen molar-refractivity contribution in [1.82, 2.24) is 9.13 Å². The highest BCUT2D eigenvalue weighted by Gasteiger charge is 2.17. The lowest BCUT2D eigenvalue weighted by molar-refractivity contribution is 0.0523. The molecule has 1 N–H and O–H groups in total. The average molecular weight is 587 g/mol. The van der Waals surface area contributed by atoms with Crippen LogP contribution in [0.25, 0.3) is 21.8 Å². The molecular formula is C36H30N2O6. The second-order valence-corrected chi connectivity index (χ2v) is 10.0. The van der Waals surface area contributed by atoms with Crippen LogP contribution in [0.2, 0.25) is 0 Å². The van der Waals surface area contributed by atoms with Crippen LogP contribution < -0.4 is 10.9 Å². The molecule has 6 rings (SSSR count). The molecule has 220 valence electrons. The Morgan fingerprint density at radius 1 is 0.614 bits per heavy atom. The lowest BCUT2D eigenvalue weighted by atomic mass is 10.1. The second-order valence-electron chi connectivity index (χ2n) is 10.0. The van der Waals surface area contributed by atoms with Crippen LogP contribution in [0.4, 0.5) is 0 Å². The highest BCUT2D eigenvalue weighted by Crippen LogP contribution is 2.16. The Bertz CT molecular complexity index is 2060. The Hall–Kier alpha value is -5.76. The normalized spacial score (nSPS) is 10.7. The molecule has 0 saturated heterocycles. The summed E-state index contributed by atoms with van der Waals surface area (Å²) in [6, 6.07) is 34.0. The fraction of sp³-hybridized carbons (Fsp3) is 0.111. The Morgan fingerprint density at radius 3 is 1.48 bits per heavy atom. The number of pyridine rings is 2. The first kappa shape index (κ1) is 29.7. The number of para-hydroxylation sites is 2. The van der Waals surface area contributed by atoms with Crippen LogP contribution in [0.3, 0.4) is 0 Å². The molecule has 8 nitrogen and oxygen atoms in total. The number of aromatic nitrogens is 2. The van der Waals surface area contributed by atoms with E-state index in [2.05, 4.69) is 0 Å². The molecule has 0 spiro atoms. The highest BCUT2D eigenvalue weighted by atomic mass is 16.5. The highest BCUT2D eigenvalue weighted by molar-refractivity contribution is 5.94. The number of aromatic carboxylic acids is 1. The van der Waals surface area contributed by atoms with Gasteiger partial charge in [0.1, 0.15) is 11.1 Å². The third-order valence-corrected chi connectivity index (χ3v) is 7.09. The standard InChI is InChI=1S/C19H17NO3.C17H13NO3/c1-2-23-19(22)16-13-20(12-14-8-4-3-5-9-14)17-11-7-6-10-15(17)18(16)21;19-16-13-8-4-5-9-15(13)18(11-14(16)17(20)21)10-12-6-2-1-3-7-12/h3-11,13H,2,12H2,1H3;1-9,11H,10H2,(H,20,21). The van der Waals surface area contributed by atoms with Gasteiger partial charge in [0.05, 0.1) is 17.6 Å². The molecule has 0 aliphatic rings. The van der Waals surface area contributed by atoms with E-state index in [-0.39, 0.29) is 23.2 Å². The zero-order valence-corrected chi connectivity index (χ0v) is 24.1. The molecule has 0 radical (unpaired) electrons. The molecule has 0 aliphatic heterocycles. The number of hydrogen-bond donors (Lipinski definition) is 1. The van der Waals surface area contributed by atoms with E-state index in [1.807, 2.05) is 89.5 Å². The van der Waals surface area contributed by atoms with Crippen molar-refractivity contribution >= 4 is 33.7 Å². The predicted octanol–water partition coefficient (Wildman–Crippen LogP) is 5.97. The number of hydrogen-bond acceptors (Lipinski definition) is 5. The second kappa shape index (κ2) is 13.5. The van der Waals surface area contributed by atoms with E-state index in [9.17, 15) is 24.3 Å². The number of benzene rings is 4. The van der Waals surface area contributed by atoms with E-state index in [1.54, 1.807) is 42.0 Å². The molecule has 44 heavy (non-hydrogen) atoms. The smallest absolute Gasteiger partial charge is 0.343 e. The molecule has 0 bridgehead atoms. The van der Waals surface area contributed by atoms with Crippen LogP contribution in [0.5, 0.6) is 0 Å². The van der Waals surface area contributed by atoms with Crippen molar-refractivity contribution in [2.45, 2.75) is 20.0 Å². The van der Waals surface area contributed by atoms with Crippen LogP contribution >= 0.6 is 0 Å². The molecule has 0 atom stereocenters. The fourth-order valence-electron chi connectivity index (χ4n) is 5.02. The van der Waals surface area contributed by atoms with Gasteiger partial charge < -0.3 is 19.0 Å². The minimum atomic E-state index is -1.20. The van der Waals surface area contributed by atoms with E-state index in [0.29, 0.717) is 23.9 Å². The summed E-state index contributed by atoms with van der Waals surface area (Å²) < 4.78 is 8.73. The van der Waals surface area contributed by atoms with Gasteiger partial charge in [-0.05, 0) is 42.3 Å². The van der Waals surface area contributed by atoms with Gasteiger partial charge in [0.25, 0.3) is 0 Å². The largest absolute Gasteiger partial charge is 0.477 e. The molecule has 0 aliphatic carbocycles. The first-order chi connectivity index (χ1) is 21.4. The van der Waals surface area contributed by atoms with E-state index in [0.717, 1.165) is 22.2 Å². The SMILES string of the molecule is CCOC(=O)c1cn(Cc2ccccc2)c2ccccc2c1=O.O=C(O)c1cn(Cc2ccccc2)c2ccccc2c1=O. The van der Waals surface area contributed by atoms with E-state index < -0.39 is 17.4 Å². The number of carbonyl (C=O) groups excluding carboxylic acids is 1. The third kappa shape index (κ3) is 6.50. The summed E-state index contributed by atoms with van der Waals surface area (Å²) >= 11 is 0. The average Bonchev–Trinajstić information content (AvgIpc) is 3.05. The van der Waals surface area contributed by atoms with Crippen LogP contribution in [0.1, 0.15) is 38.8 Å². The summed E-state index contributed by atoms with van der Waals surface area (Å²) in [5, 5.41) is 10.1. The van der Waals surface area contributed by atoms with Gasteiger partial charge >= 0.3 is 11.9 Å².